The molecule has 0 aromatic rings. The lowest BCUT2D eigenvalue weighted by Crippen LogP contribution is -2.21. The van der Waals surface area contributed by atoms with E-state index in [4.69, 9.17) is 33.6 Å². The number of aliphatic hydroxyl groups is 1. The van der Waals surface area contributed by atoms with Gasteiger partial charge in [-0.25, -0.2) is 0 Å². The van der Waals surface area contributed by atoms with Crippen LogP contribution in [-0.4, -0.2) is 27.0 Å². The van der Waals surface area contributed by atoms with E-state index in [0.29, 0.717) is 0 Å². The highest BCUT2D eigenvalue weighted by molar-refractivity contribution is 8.93. The molecule has 0 aromatic heterocycles. The molecule has 0 aromatic carbocycles. The van der Waals surface area contributed by atoms with E-state index in [9.17, 15) is 0 Å². The number of aliphatic imine (C=N–C) groups is 1. The molecule has 0 aliphatic carbocycles. The van der Waals surface area contributed by atoms with Crippen LogP contribution in [0.3, 0.4) is 0 Å². The molecule has 13 heavy (non-hydrogen) atoms. The van der Waals surface area contributed by atoms with E-state index in [1.165, 1.54) is 6.92 Å². The van der Waals surface area contributed by atoms with Crippen LogP contribution in [0.25, 0.3) is 0 Å². The summed E-state index contributed by atoms with van der Waals surface area (Å²) in [5.74, 6) is -0.380. The highest BCUT2D eigenvalue weighted by Gasteiger charge is 2.13. The number of guanidine groups is 1. The number of hydrogen-bond acceptors (Lipinski definition) is 3. The quantitative estimate of drug-likeness (QED) is 0.336. The van der Waals surface area contributed by atoms with Gasteiger partial charge in [-0.15, -0.1) is 28.6 Å². The van der Waals surface area contributed by atoms with Crippen molar-refractivity contribution in [2.24, 2.45) is 16.5 Å². The van der Waals surface area contributed by atoms with Crippen LogP contribution in [0, 0.1) is 5.41 Å². The van der Waals surface area contributed by atoms with Crippen LogP contribution in [0.4, 0.5) is 0 Å². The SMILES string of the molecule is Br.CC(O)C(Cl)SC(N)=NC(=N)N. The molecule has 0 saturated heterocycles. The summed E-state index contributed by atoms with van der Waals surface area (Å²) in [6.45, 7) is 1.53. The third kappa shape index (κ3) is 8.35. The zero-order valence-electron chi connectivity index (χ0n) is 6.90. The molecular formula is C5H12BrClN4OS. The van der Waals surface area contributed by atoms with E-state index in [1.807, 2.05) is 0 Å². The molecule has 0 bridgehead atoms. The van der Waals surface area contributed by atoms with Gasteiger partial charge in [-0.05, 0) is 6.92 Å². The summed E-state index contributed by atoms with van der Waals surface area (Å²) in [5, 5.41) is 15.8. The number of nitrogens with one attached hydrogen (secondary N) is 1. The van der Waals surface area contributed by atoms with E-state index in [-0.39, 0.29) is 28.1 Å². The number of alkyl halides is 1. The zero-order valence-corrected chi connectivity index (χ0v) is 10.2. The average molecular weight is 292 g/mol. The van der Waals surface area contributed by atoms with Gasteiger partial charge < -0.3 is 16.6 Å². The van der Waals surface area contributed by atoms with Crippen LogP contribution in [0.1, 0.15) is 6.92 Å². The molecule has 0 amide bonds. The monoisotopic (exact) mass is 290 g/mol. The first kappa shape index (κ1) is 15.5. The smallest absolute Gasteiger partial charge is 0.214 e. The number of halogens is 2. The second-order valence-electron chi connectivity index (χ2n) is 2.04. The summed E-state index contributed by atoms with van der Waals surface area (Å²) in [6, 6.07) is 0. The first-order valence-electron chi connectivity index (χ1n) is 3.10. The molecule has 5 nitrogen and oxygen atoms in total. The summed E-state index contributed by atoms with van der Waals surface area (Å²) in [4.78, 5) is 3.42. The van der Waals surface area contributed by atoms with Crippen LogP contribution in [0.5, 0.6) is 0 Å². The van der Waals surface area contributed by atoms with Gasteiger partial charge >= 0.3 is 0 Å². The number of nitrogens with two attached hydrogens (primary N) is 2. The lowest BCUT2D eigenvalue weighted by molar-refractivity contribution is 0.211. The lowest BCUT2D eigenvalue weighted by atomic mass is 10.5. The minimum atomic E-state index is -0.697. The van der Waals surface area contributed by atoms with Crippen LogP contribution >= 0.6 is 40.3 Å². The number of hydrogen-bond donors (Lipinski definition) is 4. The Labute approximate surface area is 96.2 Å². The molecule has 0 fully saturated rings. The predicted molar refractivity (Wildman–Crippen MR) is 62.8 cm³/mol. The number of aliphatic hydroxyl groups excluding tert-OH is 1. The predicted octanol–water partition coefficient (Wildman–Crippen LogP) is 0.451. The van der Waals surface area contributed by atoms with Gasteiger partial charge in [0.15, 0.2) is 5.17 Å². The molecule has 8 heteroatoms. The van der Waals surface area contributed by atoms with Crippen molar-refractivity contribution in [3.8, 4) is 0 Å². The lowest BCUT2D eigenvalue weighted by Gasteiger charge is -2.10. The van der Waals surface area contributed by atoms with Crippen molar-refractivity contribution >= 4 is 51.5 Å². The standard InChI is InChI=1S/C5H11ClN4OS.BrH/c1-2(11)3(6)12-5(9)10-4(7)8;/h2-3,11H,1H3,(H5,7,8,9,10);1H. The third-order valence-electron chi connectivity index (χ3n) is 0.843. The molecule has 0 aliphatic rings. The molecule has 6 N–H and O–H groups in total. The van der Waals surface area contributed by atoms with Crippen LogP contribution < -0.4 is 11.5 Å². The summed E-state index contributed by atoms with van der Waals surface area (Å²) in [5.41, 5.74) is 10.3. The Morgan fingerprint density at radius 2 is 2.08 bits per heavy atom. The van der Waals surface area contributed by atoms with Gasteiger partial charge in [0, 0.05) is 0 Å². The minimum Gasteiger partial charge on any atom is -0.391 e. The van der Waals surface area contributed by atoms with E-state index < -0.39 is 10.8 Å². The number of nitrogens with zero attached hydrogens (tertiary/aromatic N) is 1. The maximum Gasteiger partial charge on any atom is 0.214 e. The molecule has 0 spiro atoms. The molecular weight excluding hydrogens is 280 g/mol. The van der Waals surface area contributed by atoms with Crippen LogP contribution in [0.2, 0.25) is 0 Å². The third-order valence-corrected chi connectivity index (χ3v) is 2.43. The highest BCUT2D eigenvalue weighted by atomic mass is 79.9. The fraction of sp³-hybridized carbons (Fsp3) is 0.600. The van der Waals surface area contributed by atoms with Crippen LogP contribution in [-0.2, 0) is 0 Å². The Morgan fingerprint density at radius 1 is 1.62 bits per heavy atom. The first-order chi connectivity index (χ1) is 5.43. The van der Waals surface area contributed by atoms with Gasteiger partial charge in [-0.3, -0.25) is 5.41 Å². The van der Waals surface area contributed by atoms with Crippen molar-refractivity contribution < 1.29 is 5.11 Å². The highest BCUT2D eigenvalue weighted by Crippen LogP contribution is 2.18. The molecule has 0 aliphatic heterocycles. The molecule has 78 valence electrons. The van der Waals surface area contributed by atoms with Gasteiger partial charge in [0.1, 0.15) is 4.71 Å². The second-order valence-corrected chi connectivity index (χ2v) is 3.94. The van der Waals surface area contributed by atoms with E-state index in [2.05, 4.69) is 4.99 Å². The van der Waals surface area contributed by atoms with Crippen molar-refractivity contribution in [1.82, 2.24) is 0 Å². The van der Waals surface area contributed by atoms with E-state index >= 15 is 0 Å². The first-order valence-corrected chi connectivity index (χ1v) is 4.42. The summed E-state index contributed by atoms with van der Waals surface area (Å²) in [7, 11) is 0. The van der Waals surface area contributed by atoms with Gasteiger partial charge in [-0.2, -0.15) is 4.99 Å². The molecule has 2 atom stereocenters. The van der Waals surface area contributed by atoms with Crippen molar-refractivity contribution in [1.29, 1.82) is 5.41 Å². The maximum absolute atomic E-state index is 8.96. The Hall–Kier alpha value is 0.0200. The zero-order chi connectivity index (χ0) is 9.72. The molecule has 0 heterocycles. The van der Waals surface area contributed by atoms with E-state index in [0.717, 1.165) is 11.8 Å². The van der Waals surface area contributed by atoms with Crippen molar-refractivity contribution in [3.05, 3.63) is 0 Å². The minimum absolute atomic E-state index is 0. The summed E-state index contributed by atoms with van der Waals surface area (Å²) >= 11 is 6.59. The van der Waals surface area contributed by atoms with Crippen LogP contribution in [0.15, 0.2) is 4.99 Å². The van der Waals surface area contributed by atoms with Gasteiger partial charge in [0.05, 0.1) is 6.10 Å². The van der Waals surface area contributed by atoms with Gasteiger partial charge in [0.25, 0.3) is 0 Å². The Morgan fingerprint density at radius 3 is 2.38 bits per heavy atom. The van der Waals surface area contributed by atoms with Crippen molar-refractivity contribution in [2.45, 2.75) is 17.7 Å². The number of amidine groups is 1. The van der Waals surface area contributed by atoms with Gasteiger partial charge in [0.2, 0.25) is 5.96 Å². The molecule has 0 saturated carbocycles. The summed E-state index contributed by atoms with van der Waals surface area (Å²) in [6.07, 6.45) is -0.697. The fourth-order valence-electron chi connectivity index (χ4n) is 0.359. The fourth-order valence-corrected chi connectivity index (χ4v) is 1.21. The van der Waals surface area contributed by atoms with Gasteiger partial charge in [-0.1, -0.05) is 11.8 Å². The topological polar surface area (TPSA) is 108 Å². The van der Waals surface area contributed by atoms with Crippen molar-refractivity contribution in [3.63, 3.8) is 0 Å². The number of thioether (sulfide) groups is 1. The number of rotatable bonds is 2. The molecule has 0 radical (unpaired) electrons. The Kier molecular flexibility index (Phi) is 8.85. The molecule has 0 rings (SSSR count). The molecule has 2 unspecified atom stereocenters. The second kappa shape index (κ2) is 7.43. The largest absolute Gasteiger partial charge is 0.391 e. The normalized spacial score (nSPS) is 15.8. The van der Waals surface area contributed by atoms with E-state index in [1.54, 1.807) is 0 Å². The Balaban J connectivity index is 0. The van der Waals surface area contributed by atoms with Crippen molar-refractivity contribution in [2.75, 3.05) is 0 Å². The maximum atomic E-state index is 8.96. The summed E-state index contributed by atoms with van der Waals surface area (Å²) < 4.78 is -0.576. The Bertz CT molecular complexity index is 201. The average Bonchev–Trinajstić information content (AvgIpc) is 1.84.